The number of nitrogens with two attached hydrogens (primary N) is 3. The fourth-order valence-electron chi connectivity index (χ4n) is 4.10. The van der Waals surface area contributed by atoms with Gasteiger partial charge in [-0.3, -0.25) is 38.5 Å². The molecule has 2 heterocycles. The van der Waals surface area contributed by atoms with Gasteiger partial charge in [0.2, 0.25) is 17.7 Å². The van der Waals surface area contributed by atoms with Gasteiger partial charge in [0, 0.05) is 30.5 Å². The lowest BCUT2D eigenvalue weighted by molar-refractivity contribution is -0.131. The highest BCUT2D eigenvalue weighted by atomic mass is 16.5. The number of nitrogens with zero attached hydrogens (tertiary/aromatic N) is 2. The van der Waals surface area contributed by atoms with E-state index in [4.69, 9.17) is 21.9 Å². The first-order valence-corrected chi connectivity index (χ1v) is 13.6. The smallest absolute Gasteiger partial charge is 0.328 e. The first-order valence-electron chi connectivity index (χ1n) is 13.6. The second-order valence-corrected chi connectivity index (χ2v) is 9.98. The number of aliphatic hydroxyl groups is 1. The summed E-state index contributed by atoms with van der Waals surface area (Å²) in [5.41, 5.74) is 15.7. The zero-order valence-electron chi connectivity index (χ0n) is 23.9. The molecule has 12 N–H and O–H groups in total. The van der Waals surface area contributed by atoms with Gasteiger partial charge in [-0.15, -0.1) is 0 Å². The Bertz CT molecular complexity index is 1530. The Morgan fingerprint density at radius 2 is 1.91 bits per heavy atom. The summed E-state index contributed by atoms with van der Waals surface area (Å²) in [6, 6.07) is 0.978. The van der Waals surface area contributed by atoms with Gasteiger partial charge >= 0.3 is 5.69 Å². The van der Waals surface area contributed by atoms with E-state index >= 15 is 0 Å². The number of ether oxygens (including phenoxy) is 1. The number of anilines is 1. The molecule has 0 aliphatic carbocycles. The first kappa shape index (κ1) is 33.3. The van der Waals surface area contributed by atoms with Crippen LogP contribution in [0.3, 0.4) is 0 Å². The molecule has 0 saturated heterocycles. The van der Waals surface area contributed by atoms with E-state index in [1.54, 1.807) is 0 Å². The van der Waals surface area contributed by atoms with Crippen molar-refractivity contribution < 1.29 is 29.0 Å². The summed E-state index contributed by atoms with van der Waals surface area (Å²) in [6.07, 6.45) is 2.01. The van der Waals surface area contributed by atoms with Crippen LogP contribution in [0.25, 0.3) is 0 Å². The molecule has 0 spiro atoms. The molecule has 0 radical (unpaired) electrons. The van der Waals surface area contributed by atoms with Crippen molar-refractivity contribution in [1.29, 1.82) is 0 Å². The number of guanidine groups is 1. The number of benzene rings is 1. The number of nitrogens with one attached hydrogen (secondary N) is 5. The second-order valence-electron chi connectivity index (χ2n) is 9.98. The number of aryl methyl sites for hydroxylation is 1. The number of aromatic nitrogens is 2. The number of H-pyrrole nitrogens is 1. The highest BCUT2D eigenvalue weighted by Crippen LogP contribution is 2.24. The fourth-order valence-corrected chi connectivity index (χ4v) is 4.10. The van der Waals surface area contributed by atoms with E-state index < -0.39 is 66.2 Å². The van der Waals surface area contributed by atoms with Gasteiger partial charge in [-0.05, 0) is 38.0 Å². The predicted molar refractivity (Wildman–Crippen MR) is 158 cm³/mol. The van der Waals surface area contributed by atoms with Gasteiger partial charge in [0.25, 0.3) is 11.5 Å². The van der Waals surface area contributed by atoms with E-state index in [1.807, 2.05) is 0 Å². The number of hydrogen-bond donors (Lipinski definition) is 9. The van der Waals surface area contributed by atoms with Crippen LogP contribution in [0.5, 0.6) is 5.75 Å². The van der Waals surface area contributed by atoms with Gasteiger partial charge in [-0.1, -0.05) is 0 Å². The van der Waals surface area contributed by atoms with Crippen molar-refractivity contribution in [3.05, 3.63) is 56.4 Å². The minimum absolute atomic E-state index is 0.0247. The number of fused-ring (bicyclic) bond motifs is 1. The minimum Gasteiger partial charge on any atom is -0.491 e. The van der Waals surface area contributed by atoms with E-state index in [2.05, 4.69) is 31.2 Å². The number of carbonyl (C=O) groups excluding carboxylic acids is 4. The van der Waals surface area contributed by atoms with E-state index in [0.29, 0.717) is 12.8 Å². The Hall–Kier alpha value is -5.23. The topological polar surface area (TPSA) is 291 Å². The molecule has 1 aliphatic heterocycles. The summed E-state index contributed by atoms with van der Waals surface area (Å²) < 4.78 is 6.95. The van der Waals surface area contributed by atoms with Crippen LogP contribution in [0, 0.1) is 6.92 Å². The number of carbonyl (C=O) groups is 4. The van der Waals surface area contributed by atoms with Crippen molar-refractivity contribution >= 4 is 35.3 Å². The summed E-state index contributed by atoms with van der Waals surface area (Å²) in [7, 11) is 0. The molecule has 1 aromatic heterocycles. The van der Waals surface area contributed by atoms with Crippen LogP contribution in [0.15, 0.2) is 39.0 Å². The van der Waals surface area contributed by atoms with Crippen molar-refractivity contribution in [2.45, 2.75) is 44.4 Å². The monoisotopic (exact) mass is 616 g/mol. The first-order chi connectivity index (χ1) is 20.9. The van der Waals surface area contributed by atoms with Crippen LogP contribution in [-0.4, -0.2) is 88.7 Å². The lowest BCUT2D eigenvalue weighted by Gasteiger charge is -2.25. The molecular weight excluding hydrogens is 580 g/mol. The number of hydrogen-bond acceptors (Lipinski definition) is 10. The molecule has 18 nitrogen and oxygen atoms in total. The summed E-state index contributed by atoms with van der Waals surface area (Å²) in [4.78, 5) is 81.0. The van der Waals surface area contributed by atoms with Crippen molar-refractivity contribution in [1.82, 2.24) is 25.5 Å². The highest BCUT2D eigenvalue weighted by Gasteiger charge is 2.27. The molecule has 1 unspecified atom stereocenters. The SMILES string of the molecule is Cc1cn(CC(=O)Nc2ccc3c(c2)C(=O)NC[C@H](N)C(=O)N[C@@H](CO)C(=O)NC(CCCN=C(N)N)CO3)c(=O)[nH]c1=O. The second kappa shape index (κ2) is 15.3. The Morgan fingerprint density at radius 1 is 1.16 bits per heavy atom. The zero-order chi connectivity index (χ0) is 32.4. The Kier molecular flexibility index (Phi) is 11.6. The largest absolute Gasteiger partial charge is 0.491 e. The summed E-state index contributed by atoms with van der Waals surface area (Å²) in [5, 5.41) is 19.9. The van der Waals surface area contributed by atoms with Crippen LogP contribution >= 0.6 is 0 Å². The number of rotatable bonds is 8. The summed E-state index contributed by atoms with van der Waals surface area (Å²) in [6.45, 7) is 0.167. The Labute approximate surface area is 250 Å². The van der Waals surface area contributed by atoms with Crippen molar-refractivity contribution in [2.75, 3.05) is 31.6 Å². The Morgan fingerprint density at radius 3 is 2.61 bits per heavy atom. The molecule has 3 rings (SSSR count). The third kappa shape index (κ3) is 9.39. The molecular formula is C26H36N10O8. The number of aliphatic imine (C=N–C) groups is 1. The molecule has 0 saturated carbocycles. The number of aromatic amines is 1. The van der Waals surface area contributed by atoms with E-state index in [0.717, 1.165) is 4.57 Å². The summed E-state index contributed by atoms with van der Waals surface area (Å²) >= 11 is 0. The molecule has 18 heteroatoms. The van der Waals surface area contributed by atoms with Crippen molar-refractivity contribution in [3.63, 3.8) is 0 Å². The van der Waals surface area contributed by atoms with Gasteiger partial charge in [-0.25, -0.2) is 4.79 Å². The van der Waals surface area contributed by atoms with Crippen LogP contribution < -0.4 is 54.5 Å². The molecule has 0 bridgehead atoms. The quantitative estimate of drug-likeness (QED) is 0.0781. The van der Waals surface area contributed by atoms with Crippen LogP contribution in [0.2, 0.25) is 0 Å². The van der Waals surface area contributed by atoms with Crippen LogP contribution in [0.4, 0.5) is 5.69 Å². The normalized spacial score (nSPS) is 19.2. The third-order valence-electron chi connectivity index (χ3n) is 6.44. The molecule has 0 fully saturated rings. The molecule has 44 heavy (non-hydrogen) atoms. The average molecular weight is 617 g/mol. The zero-order valence-corrected chi connectivity index (χ0v) is 23.9. The molecule has 1 aromatic carbocycles. The maximum absolute atomic E-state index is 13.2. The third-order valence-corrected chi connectivity index (χ3v) is 6.44. The molecule has 2 aromatic rings. The standard InChI is InChI=1S/C26H36N10O8/c1-13-9-36(26(43)35-21(13)39)10-20(38)32-14-4-5-19-16(7-14)22(40)31-8-17(27)23(41)34-18(11-37)24(42)33-15(12-44-19)3-2-6-30-25(28)29/h4-5,7,9,15,17-18,37H,2-3,6,8,10-12,27H2,1H3,(H,31,40)(H,32,38)(H,33,42)(H,34,41)(H4,28,29,30)(H,35,39,43)/t15?,17-,18-/m0/s1. The lowest BCUT2D eigenvalue weighted by Crippen LogP contribution is -2.57. The van der Waals surface area contributed by atoms with Crippen LogP contribution in [-0.2, 0) is 20.9 Å². The van der Waals surface area contributed by atoms with Gasteiger partial charge in [0.1, 0.15) is 31.0 Å². The molecule has 3 atom stereocenters. The average Bonchev–Trinajstić information content (AvgIpc) is 2.97. The van der Waals surface area contributed by atoms with Gasteiger partial charge in [0.05, 0.1) is 18.2 Å². The predicted octanol–water partition coefficient (Wildman–Crippen LogP) is -4.05. The van der Waals surface area contributed by atoms with Gasteiger partial charge in [0.15, 0.2) is 5.96 Å². The molecule has 1 aliphatic rings. The van der Waals surface area contributed by atoms with Gasteiger partial charge < -0.3 is 48.3 Å². The van der Waals surface area contributed by atoms with Crippen LogP contribution in [0.1, 0.15) is 28.8 Å². The van der Waals surface area contributed by atoms with Gasteiger partial charge in [-0.2, -0.15) is 0 Å². The number of amides is 4. The minimum atomic E-state index is -1.30. The molecule has 238 valence electrons. The number of aliphatic hydroxyl groups excluding tert-OH is 1. The molecule has 4 amide bonds. The van der Waals surface area contributed by atoms with Crippen molar-refractivity contribution in [2.24, 2.45) is 22.2 Å². The lowest BCUT2D eigenvalue weighted by atomic mass is 10.1. The maximum atomic E-state index is 13.2. The maximum Gasteiger partial charge on any atom is 0.328 e. The van der Waals surface area contributed by atoms with E-state index in [9.17, 15) is 33.9 Å². The fraction of sp³-hybridized carbons (Fsp3) is 0.423. The Balaban J connectivity index is 1.87. The highest BCUT2D eigenvalue weighted by molar-refractivity contribution is 6.00. The summed E-state index contributed by atoms with van der Waals surface area (Å²) in [5.74, 6) is -2.78. The van der Waals surface area contributed by atoms with E-state index in [1.165, 1.54) is 31.3 Å². The van der Waals surface area contributed by atoms with Crippen molar-refractivity contribution in [3.8, 4) is 5.75 Å². The van der Waals surface area contributed by atoms with E-state index in [-0.39, 0.29) is 48.2 Å².